The first-order valence-electron chi connectivity index (χ1n) is 6.89. The van der Waals surface area contributed by atoms with E-state index in [9.17, 15) is 4.79 Å². The molecule has 106 valence electrons. The molecule has 4 heteroatoms. The lowest BCUT2D eigenvalue weighted by Crippen LogP contribution is -1.96. The van der Waals surface area contributed by atoms with Gasteiger partial charge in [-0.3, -0.25) is 9.78 Å². The van der Waals surface area contributed by atoms with Crippen molar-refractivity contribution in [2.75, 3.05) is 0 Å². The third-order valence-electron chi connectivity index (χ3n) is 3.61. The van der Waals surface area contributed by atoms with Crippen LogP contribution in [0, 0.1) is 6.92 Å². The number of carboxylic acid groups (broad SMARTS) is 1. The van der Waals surface area contributed by atoms with E-state index in [1.165, 1.54) is 0 Å². The van der Waals surface area contributed by atoms with Gasteiger partial charge in [-0.1, -0.05) is 6.07 Å². The van der Waals surface area contributed by atoms with Crippen LogP contribution in [-0.2, 0) is 11.2 Å². The first kappa shape index (κ1) is 13.4. The number of nitrogens with one attached hydrogen (secondary N) is 1. The first-order valence-corrected chi connectivity index (χ1v) is 6.89. The number of pyridine rings is 1. The molecule has 0 bridgehead atoms. The second kappa shape index (κ2) is 5.40. The largest absolute Gasteiger partial charge is 0.481 e. The molecule has 0 aliphatic carbocycles. The molecule has 0 saturated heterocycles. The Bertz CT molecular complexity index is 805. The van der Waals surface area contributed by atoms with Gasteiger partial charge in [-0.05, 0) is 49.2 Å². The molecule has 2 aromatic heterocycles. The van der Waals surface area contributed by atoms with Gasteiger partial charge >= 0.3 is 5.97 Å². The van der Waals surface area contributed by atoms with E-state index in [0.717, 1.165) is 33.4 Å². The molecule has 0 unspecified atom stereocenters. The summed E-state index contributed by atoms with van der Waals surface area (Å²) in [4.78, 5) is 18.3. The van der Waals surface area contributed by atoms with Gasteiger partial charge in [-0.25, -0.2) is 0 Å². The van der Waals surface area contributed by atoms with Crippen LogP contribution in [0.4, 0.5) is 0 Å². The zero-order valence-electron chi connectivity index (χ0n) is 11.8. The molecule has 3 rings (SSSR count). The Balaban J connectivity index is 1.97. The Labute approximate surface area is 122 Å². The number of rotatable bonds is 4. The molecular formula is C17H16N2O2. The van der Waals surface area contributed by atoms with Crippen LogP contribution in [0.2, 0.25) is 0 Å². The van der Waals surface area contributed by atoms with Crippen LogP contribution >= 0.6 is 0 Å². The average molecular weight is 280 g/mol. The van der Waals surface area contributed by atoms with E-state index >= 15 is 0 Å². The van der Waals surface area contributed by atoms with Crippen LogP contribution < -0.4 is 0 Å². The summed E-state index contributed by atoms with van der Waals surface area (Å²) in [5.41, 5.74) is 5.19. The number of benzene rings is 1. The normalized spacial score (nSPS) is 10.9. The summed E-state index contributed by atoms with van der Waals surface area (Å²) >= 11 is 0. The number of hydrogen-bond acceptors (Lipinski definition) is 2. The van der Waals surface area contributed by atoms with Crippen LogP contribution in [0.1, 0.15) is 17.7 Å². The number of aryl methyl sites for hydroxylation is 2. The summed E-state index contributed by atoms with van der Waals surface area (Å²) in [7, 11) is 0. The minimum Gasteiger partial charge on any atom is -0.481 e. The summed E-state index contributed by atoms with van der Waals surface area (Å²) in [5, 5.41) is 9.85. The molecule has 0 saturated carbocycles. The maximum Gasteiger partial charge on any atom is 0.303 e. The Kier molecular flexibility index (Phi) is 3.44. The molecule has 1 aromatic carbocycles. The number of aliphatic carboxylic acids is 1. The fourth-order valence-corrected chi connectivity index (χ4v) is 2.50. The SMILES string of the molecule is Cc1ncccc1-c1cc2cc(CCC(=O)O)ccc2[nH]1. The maximum atomic E-state index is 10.6. The molecule has 0 aliphatic heterocycles. The molecule has 2 N–H and O–H groups in total. The van der Waals surface area contributed by atoms with Gasteiger partial charge in [0.25, 0.3) is 0 Å². The van der Waals surface area contributed by atoms with Crippen molar-refractivity contribution >= 4 is 16.9 Å². The van der Waals surface area contributed by atoms with Crippen molar-refractivity contribution in [2.24, 2.45) is 0 Å². The quantitative estimate of drug-likeness (QED) is 0.768. The Morgan fingerprint density at radius 1 is 1.29 bits per heavy atom. The zero-order chi connectivity index (χ0) is 14.8. The van der Waals surface area contributed by atoms with Gasteiger partial charge in [-0.15, -0.1) is 0 Å². The Hall–Kier alpha value is -2.62. The molecule has 0 aliphatic rings. The van der Waals surface area contributed by atoms with Crippen molar-refractivity contribution < 1.29 is 9.90 Å². The number of nitrogens with zero attached hydrogens (tertiary/aromatic N) is 1. The van der Waals surface area contributed by atoms with Gasteiger partial charge in [0, 0.05) is 40.5 Å². The standard InChI is InChI=1S/C17H16N2O2/c1-11-14(3-2-8-18-11)16-10-13-9-12(5-7-17(20)21)4-6-15(13)19-16/h2-4,6,8-10,19H,5,7H2,1H3,(H,20,21). The maximum absolute atomic E-state index is 10.6. The van der Waals surface area contributed by atoms with Crippen molar-refractivity contribution in [1.29, 1.82) is 0 Å². The highest BCUT2D eigenvalue weighted by molar-refractivity contribution is 5.86. The first-order chi connectivity index (χ1) is 10.1. The van der Waals surface area contributed by atoms with E-state index in [2.05, 4.69) is 16.0 Å². The van der Waals surface area contributed by atoms with E-state index in [-0.39, 0.29) is 6.42 Å². The fraction of sp³-hybridized carbons (Fsp3) is 0.176. The van der Waals surface area contributed by atoms with Crippen molar-refractivity contribution in [2.45, 2.75) is 19.8 Å². The monoisotopic (exact) mass is 280 g/mol. The predicted molar refractivity (Wildman–Crippen MR) is 82.2 cm³/mol. The third-order valence-corrected chi connectivity index (χ3v) is 3.61. The van der Waals surface area contributed by atoms with Gasteiger partial charge in [-0.2, -0.15) is 0 Å². The molecule has 0 amide bonds. The zero-order valence-corrected chi connectivity index (χ0v) is 11.8. The minimum atomic E-state index is -0.768. The van der Waals surface area contributed by atoms with Gasteiger partial charge < -0.3 is 10.1 Å². The highest BCUT2D eigenvalue weighted by Crippen LogP contribution is 2.26. The number of hydrogen-bond donors (Lipinski definition) is 2. The van der Waals surface area contributed by atoms with Crippen molar-refractivity contribution in [1.82, 2.24) is 9.97 Å². The van der Waals surface area contributed by atoms with Crippen LogP contribution in [-0.4, -0.2) is 21.0 Å². The van der Waals surface area contributed by atoms with Crippen molar-refractivity contribution in [3.63, 3.8) is 0 Å². The summed E-state index contributed by atoms with van der Waals surface area (Å²) in [6.45, 7) is 1.99. The van der Waals surface area contributed by atoms with E-state index in [1.807, 2.05) is 37.3 Å². The van der Waals surface area contributed by atoms with Crippen LogP contribution in [0.25, 0.3) is 22.2 Å². The van der Waals surface area contributed by atoms with E-state index in [4.69, 9.17) is 5.11 Å². The van der Waals surface area contributed by atoms with Crippen LogP contribution in [0.5, 0.6) is 0 Å². The van der Waals surface area contributed by atoms with Gasteiger partial charge in [0.1, 0.15) is 0 Å². The fourth-order valence-electron chi connectivity index (χ4n) is 2.50. The summed E-state index contributed by atoms with van der Waals surface area (Å²) in [5.74, 6) is -0.768. The minimum absolute atomic E-state index is 0.157. The summed E-state index contributed by atoms with van der Waals surface area (Å²) in [6.07, 6.45) is 2.49. The topological polar surface area (TPSA) is 66.0 Å². The molecule has 0 radical (unpaired) electrons. The van der Waals surface area contributed by atoms with E-state index < -0.39 is 5.97 Å². The van der Waals surface area contributed by atoms with E-state index in [0.29, 0.717) is 6.42 Å². The number of fused-ring (bicyclic) bond motifs is 1. The molecule has 3 aromatic rings. The Morgan fingerprint density at radius 3 is 2.90 bits per heavy atom. The highest BCUT2D eigenvalue weighted by Gasteiger charge is 2.07. The lowest BCUT2D eigenvalue weighted by molar-refractivity contribution is -0.136. The Morgan fingerprint density at radius 2 is 2.14 bits per heavy atom. The molecule has 4 nitrogen and oxygen atoms in total. The van der Waals surface area contributed by atoms with Gasteiger partial charge in [0.05, 0.1) is 0 Å². The third kappa shape index (κ3) is 2.79. The second-order valence-corrected chi connectivity index (χ2v) is 5.13. The number of H-pyrrole nitrogens is 1. The molecule has 0 fully saturated rings. The van der Waals surface area contributed by atoms with Gasteiger partial charge in [0.2, 0.25) is 0 Å². The molecule has 2 heterocycles. The number of aromatic amines is 1. The highest BCUT2D eigenvalue weighted by atomic mass is 16.4. The summed E-state index contributed by atoms with van der Waals surface area (Å²) in [6, 6.07) is 12.1. The van der Waals surface area contributed by atoms with Crippen molar-refractivity contribution in [3.05, 3.63) is 53.9 Å². The number of carboxylic acids is 1. The van der Waals surface area contributed by atoms with E-state index in [1.54, 1.807) is 6.20 Å². The number of carbonyl (C=O) groups is 1. The smallest absolute Gasteiger partial charge is 0.303 e. The van der Waals surface area contributed by atoms with Gasteiger partial charge in [0.15, 0.2) is 0 Å². The van der Waals surface area contributed by atoms with Crippen molar-refractivity contribution in [3.8, 4) is 11.3 Å². The number of aromatic nitrogens is 2. The van der Waals surface area contributed by atoms with Crippen LogP contribution in [0.3, 0.4) is 0 Å². The molecule has 21 heavy (non-hydrogen) atoms. The molecule has 0 spiro atoms. The average Bonchev–Trinajstić information content (AvgIpc) is 2.88. The second-order valence-electron chi connectivity index (χ2n) is 5.13. The lowest BCUT2D eigenvalue weighted by Gasteiger charge is -2.00. The summed E-state index contributed by atoms with van der Waals surface area (Å²) < 4.78 is 0. The molecule has 0 atom stereocenters. The predicted octanol–water partition coefficient (Wildman–Crippen LogP) is 3.56. The lowest BCUT2D eigenvalue weighted by atomic mass is 10.1. The molecular weight excluding hydrogens is 264 g/mol. The van der Waals surface area contributed by atoms with Crippen LogP contribution in [0.15, 0.2) is 42.6 Å².